The van der Waals surface area contributed by atoms with E-state index in [-0.39, 0.29) is 23.9 Å². The van der Waals surface area contributed by atoms with Crippen LogP contribution in [0.3, 0.4) is 0 Å². The number of nitriles is 1. The van der Waals surface area contributed by atoms with Crippen LogP contribution in [0.25, 0.3) is 11.0 Å². The molecule has 2 fully saturated rings. The number of benzene rings is 1. The molecule has 1 saturated heterocycles. The Morgan fingerprint density at radius 2 is 1.87 bits per heavy atom. The van der Waals surface area contributed by atoms with Gasteiger partial charge in [0, 0.05) is 25.7 Å². The zero-order valence-electron chi connectivity index (χ0n) is 22.5. The molecule has 1 amide bonds. The number of likely N-dealkylation sites (tertiary alicyclic amines) is 1. The predicted molar refractivity (Wildman–Crippen MR) is 148 cm³/mol. The Labute approximate surface area is 228 Å². The Morgan fingerprint density at radius 1 is 1.18 bits per heavy atom. The van der Waals surface area contributed by atoms with Crippen molar-refractivity contribution in [3.63, 3.8) is 0 Å². The summed E-state index contributed by atoms with van der Waals surface area (Å²) < 4.78 is 7.54. The molecule has 0 spiro atoms. The van der Waals surface area contributed by atoms with Crippen molar-refractivity contribution < 1.29 is 14.6 Å². The highest BCUT2D eigenvalue weighted by molar-refractivity contribution is 5.88. The zero-order chi connectivity index (χ0) is 27.4. The van der Waals surface area contributed by atoms with Crippen LogP contribution in [0.5, 0.6) is 6.01 Å². The number of nitrogens with one attached hydrogen (secondary N) is 1. The zero-order valence-corrected chi connectivity index (χ0v) is 22.5. The first-order valence-electron chi connectivity index (χ1n) is 13.9. The van der Waals surface area contributed by atoms with Crippen LogP contribution < -0.4 is 15.8 Å². The van der Waals surface area contributed by atoms with E-state index in [4.69, 9.17) is 10.5 Å². The minimum absolute atomic E-state index is 0.130. The second-order valence-electron chi connectivity index (χ2n) is 10.7. The quantitative estimate of drug-likeness (QED) is 0.321. The van der Waals surface area contributed by atoms with Crippen LogP contribution in [-0.4, -0.2) is 62.3 Å². The molecule has 1 aliphatic carbocycles. The van der Waals surface area contributed by atoms with E-state index in [0.29, 0.717) is 35.7 Å². The van der Waals surface area contributed by atoms with Crippen molar-refractivity contribution in [2.45, 2.75) is 70.7 Å². The molecule has 5 rings (SSSR count). The van der Waals surface area contributed by atoms with Gasteiger partial charge in [0.05, 0.1) is 18.5 Å². The van der Waals surface area contributed by atoms with Crippen LogP contribution in [0, 0.1) is 17.2 Å². The number of carbonyl (C=O) groups excluding carboxylic acids is 1. The maximum atomic E-state index is 12.2. The van der Waals surface area contributed by atoms with Gasteiger partial charge in [0.25, 0.3) is 0 Å². The highest BCUT2D eigenvalue weighted by atomic mass is 16.5. The molecule has 0 radical (unpaired) electrons. The van der Waals surface area contributed by atoms with E-state index >= 15 is 0 Å². The van der Waals surface area contributed by atoms with E-state index in [9.17, 15) is 15.2 Å². The summed E-state index contributed by atoms with van der Waals surface area (Å²) in [5.41, 5.74) is 9.49. The van der Waals surface area contributed by atoms with Gasteiger partial charge in [-0.1, -0.05) is 37.6 Å². The van der Waals surface area contributed by atoms with Crippen LogP contribution in [0.1, 0.15) is 62.3 Å². The molecule has 4 N–H and O–H groups in total. The number of rotatable bonds is 11. The number of anilines is 1. The van der Waals surface area contributed by atoms with Gasteiger partial charge in [-0.2, -0.15) is 15.2 Å². The largest absolute Gasteiger partial charge is 0.463 e. The molecule has 1 aliphatic heterocycles. The molecule has 3 heterocycles. The van der Waals surface area contributed by atoms with Crippen molar-refractivity contribution in [1.29, 1.82) is 5.26 Å². The van der Waals surface area contributed by atoms with Gasteiger partial charge in [-0.05, 0) is 55.2 Å². The first-order chi connectivity index (χ1) is 18.9. The topological polar surface area (TPSA) is 142 Å². The third kappa shape index (κ3) is 6.49. The third-order valence-electron chi connectivity index (χ3n) is 7.65. The molecule has 3 aromatic rings. The molecule has 0 unspecified atom stereocenters. The van der Waals surface area contributed by atoms with Gasteiger partial charge in [-0.3, -0.25) is 9.69 Å². The van der Waals surface area contributed by atoms with E-state index in [0.717, 1.165) is 63.7 Å². The summed E-state index contributed by atoms with van der Waals surface area (Å²) in [5, 5.41) is 23.4. The summed E-state index contributed by atoms with van der Waals surface area (Å²) in [6.45, 7) is 5.72. The number of hydrogen-bond donors (Lipinski definition) is 3. The maximum Gasteiger partial charge on any atom is 0.320 e. The van der Waals surface area contributed by atoms with Gasteiger partial charge in [-0.15, -0.1) is 0 Å². The molecular weight excluding hydrogens is 494 g/mol. The highest BCUT2D eigenvalue weighted by Gasteiger charge is 2.35. The fourth-order valence-electron chi connectivity index (χ4n) is 5.09. The number of amides is 1. The van der Waals surface area contributed by atoms with Gasteiger partial charge in [0.15, 0.2) is 5.65 Å². The fourth-order valence-corrected chi connectivity index (χ4v) is 5.09. The lowest BCUT2D eigenvalue weighted by Crippen LogP contribution is -2.47. The smallest absolute Gasteiger partial charge is 0.320 e. The lowest BCUT2D eigenvalue weighted by Gasteiger charge is -2.32. The average molecular weight is 532 g/mol. The monoisotopic (exact) mass is 531 g/mol. The molecule has 0 bridgehead atoms. The number of fused-ring (bicyclic) bond motifs is 1. The van der Waals surface area contributed by atoms with E-state index in [1.165, 1.54) is 5.56 Å². The van der Waals surface area contributed by atoms with E-state index in [2.05, 4.69) is 57.4 Å². The number of unbranched alkanes of at least 4 members (excludes halogenated alkanes) is 1. The van der Waals surface area contributed by atoms with Gasteiger partial charge in [0.1, 0.15) is 23.7 Å². The second kappa shape index (κ2) is 12.0. The molecule has 2 aromatic heterocycles. The number of aromatic nitrogens is 3. The summed E-state index contributed by atoms with van der Waals surface area (Å²) in [4.78, 5) is 23.4. The Kier molecular flexibility index (Phi) is 8.29. The molecule has 10 heteroatoms. The average Bonchev–Trinajstić information content (AvgIpc) is 3.73. The van der Waals surface area contributed by atoms with Crippen LogP contribution in [0.2, 0.25) is 0 Å². The first kappa shape index (κ1) is 26.9. The van der Waals surface area contributed by atoms with E-state index in [1.807, 2.05) is 4.57 Å². The van der Waals surface area contributed by atoms with Crippen LogP contribution in [0.4, 0.5) is 5.82 Å². The van der Waals surface area contributed by atoms with E-state index in [1.54, 1.807) is 6.07 Å². The summed E-state index contributed by atoms with van der Waals surface area (Å²) in [6, 6.07) is 12.7. The Bertz CT molecular complexity index is 1340. The second-order valence-corrected chi connectivity index (χ2v) is 10.7. The van der Waals surface area contributed by atoms with Crippen LogP contribution in [0.15, 0.2) is 30.3 Å². The molecule has 206 valence electrons. The van der Waals surface area contributed by atoms with Crippen molar-refractivity contribution in [3.8, 4) is 12.1 Å². The normalized spacial score (nSPS) is 17.2. The highest BCUT2D eigenvalue weighted by Crippen LogP contribution is 2.32. The van der Waals surface area contributed by atoms with Crippen molar-refractivity contribution in [3.05, 3.63) is 47.2 Å². The number of aliphatic hydroxyl groups excluding tert-OH is 1. The maximum absolute atomic E-state index is 12.2. The molecule has 10 nitrogen and oxygen atoms in total. The number of nitrogens with zero attached hydrogens (tertiary/aromatic N) is 5. The SMILES string of the molecule is CCCCOc1nc(N)c2cc(C#N)n(Cc3ccc(CN4CCC(NC(=O)[C@H](O)C5CC5)CC4)cc3)c2n1. The molecule has 1 aromatic carbocycles. The van der Waals surface area contributed by atoms with Crippen molar-refractivity contribution >= 4 is 22.8 Å². The first-order valence-corrected chi connectivity index (χ1v) is 13.9. The number of nitrogen functional groups attached to an aromatic ring is 1. The third-order valence-corrected chi connectivity index (χ3v) is 7.65. The van der Waals surface area contributed by atoms with Gasteiger partial charge in [-0.25, -0.2) is 0 Å². The number of hydrogen-bond acceptors (Lipinski definition) is 8. The number of ether oxygens (including phenoxy) is 1. The summed E-state index contributed by atoms with van der Waals surface area (Å²) in [7, 11) is 0. The number of carbonyl (C=O) groups is 1. The predicted octanol–water partition coefficient (Wildman–Crippen LogP) is 2.96. The lowest BCUT2D eigenvalue weighted by molar-refractivity contribution is -0.131. The lowest BCUT2D eigenvalue weighted by atomic mass is 10.0. The standard InChI is InChI=1S/C29H37N7O3/c1-2-3-14-39-29-33-26(31)24-15-23(16-30)36(27(24)34-29)18-20-6-4-19(5-7-20)17-35-12-10-22(11-13-35)32-28(38)25(37)21-8-9-21/h4-7,15,21-22,25,37H,2-3,8-14,17-18H2,1H3,(H,32,38)(H2,31,33,34)/t25-/m1/s1. The Morgan fingerprint density at radius 3 is 2.51 bits per heavy atom. The van der Waals surface area contributed by atoms with Crippen molar-refractivity contribution in [2.75, 3.05) is 25.4 Å². The molecule has 39 heavy (non-hydrogen) atoms. The fraction of sp³-hybridized carbons (Fsp3) is 0.517. The van der Waals surface area contributed by atoms with E-state index < -0.39 is 6.10 Å². The Hall–Kier alpha value is -3.68. The van der Waals surface area contributed by atoms with Crippen LogP contribution in [-0.2, 0) is 17.9 Å². The minimum atomic E-state index is -0.846. The molecule has 1 saturated carbocycles. The van der Waals surface area contributed by atoms with Crippen molar-refractivity contribution in [2.24, 2.45) is 5.92 Å². The molecule has 2 aliphatic rings. The number of piperidine rings is 1. The number of nitrogens with two attached hydrogens (primary N) is 1. The van der Waals surface area contributed by atoms with Crippen molar-refractivity contribution in [1.82, 2.24) is 24.8 Å². The molecular formula is C29H37N7O3. The summed E-state index contributed by atoms with van der Waals surface area (Å²) in [5.74, 6) is 0.250. The summed E-state index contributed by atoms with van der Waals surface area (Å²) >= 11 is 0. The van der Waals surface area contributed by atoms with Gasteiger partial charge < -0.3 is 25.5 Å². The Balaban J connectivity index is 1.19. The minimum Gasteiger partial charge on any atom is -0.463 e. The molecule has 1 atom stereocenters. The van der Waals surface area contributed by atoms with Crippen LogP contribution >= 0.6 is 0 Å². The number of aliphatic hydroxyl groups is 1. The van der Waals surface area contributed by atoms with Gasteiger partial charge >= 0.3 is 6.01 Å². The summed E-state index contributed by atoms with van der Waals surface area (Å²) in [6.07, 6.45) is 4.72. The van der Waals surface area contributed by atoms with Gasteiger partial charge in [0.2, 0.25) is 5.91 Å².